The first-order chi connectivity index (χ1) is 16.1. The number of anilines is 1. The van der Waals surface area contributed by atoms with Gasteiger partial charge < -0.3 is 4.98 Å². The molecule has 8 nitrogen and oxygen atoms in total. The number of halogens is 1. The first kappa shape index (κ1) is 32.3. The van der Waals surface area contributed by atoms with E-state index in [1.54, 1.807) is 37.9 Å². The number of hydrogen-bond acceptors (Lipinski definition) is 6. The van der Waals surface area contributed by atoms with Crippen molar-refractivity contribution in [3.05, 3.63) is 82.9 Å². The number of nitrogens with zero attached hydrogens (tertiary/aromatic N) is 3. The van der Waals surface area contributed by atoms with E-state index in [9.17, 15) is 17.6 Å². The van der Waals surface area contributed by atoms with Gasteiger partial charge >= 0.3 is 0 Å². The van der Waals surface area contributed by atoms with Crippen LogP contribution in [0.2, 0.25) is 0 Å². The van der Waals surface area contributed by atoms with Crippen LogP contribution in [-0.4, -0.2) is 40.4 Å². The number of sulfonamides is 1. The van der Waals surface area contributed by atoms with E-state index in [1.807, 2.05) is 27.7 Å². The molecule has 196 valence electrons. The minimum Gasteiger partial charge on any atom is -0.345 e. The Morgan fingerprint density at radius 3 is 2.03 bits per heavy atom. The quantitative estimate of drug-likeness (QED) is 0.320. The largest absolute Gasteiger partial charge is 0.345 e. The Balaban J connectivity index is 0.00000106. The maximum absolute atomic E-state index is 14.9. The van der Waals surface area contributed by atoms with Crippen molar-refractivity contribution in [1.29, 1.82) is 0 Å². The van der Waals surface area contributed by atoms with Crippen LogP contribution in [0.1, 0.15) is 61.3 Å². The molecule has 4 aromatic rings. The zero-order valence-electron chi connectivity index (χ0n) is 20.0. The molecule has 0 fully saturated rings. The Labute approximate surface area is 213 Å². The number of aryl methyl sites for hydroxylation is 3. The second-order valence-electron chi connectivity index (χ2n) is 7.21. The van der Waals surface area contributed by atoms with Crippen LogP contribution in [0.5, 0.6) is 0 Å². The Bertz CT molecular complexity index is 1360. The Kier molecular flexibility index (Phi) is 12.6. The number of carbonyl (C=O) groups is 1. The molecule has 0 aliphatic heterocycles. The van der Waals surface area contributed by atoms with Gasteiger partial charge in [0, 0.05) is 48.1 Å². The van der Waals surface area contributed by atoms with E-state index in [1.165, 1.54) is 18.3 Å². The second kappa shape index (κ2) is 14.0. The van der Waals surface area contributed by atoms with Crippen molar-refractivity contribution in [3.8, 4) is 0 Å². The topological polar surface area (TPSA) is 118 Å². The molecule has 0 saturated heterocycles. The highest BCUT2D eigenvalue weighted by Gasteiger charge is 2.24. The van der Waals surface area contributed by atoms with Gasteiger partial charge in [-0.3, -0.25) is 19.5 Å². The molecule has 1 aromatic carbocycles. The fourth-order valence-corrected chi connectivity index (χ4v) is 3.70. The molecule has 3 heterocycles. The molecular weight excluding hydrogens is 481 g/mol. The van der Waals surface area contributed by atoms with E-state index in [0.717, 1.165) is 17.4 Å². The third-order valence-corrected chi connectivity index (χ3v) is 5.40. The van der Waals surface area contributed by atoms with Gasteiger partial charge in [-0.15, -0.1) is 0 Å². The second-order valence-corrected chi connectivity index (χ2v) is 8.96. The molecule has 36 heavy (non-hydrogen) atoms. The molecule has 10 heteroatoms. The van der Waals surface area contributed by atoms with Gasteiger partial charge in [-0.25, -0.2) is 17.8 Å². The summed E-state index contributed by atoms with van der Waals surface area (Å²) in [5.41, 5.74) is 2.62. The van der Waals surface area contributed by atoms with Crippen LogP contribution in [0, 0.1) is 26.6 Å². The first-order valence-electron chi connectivity index (χ1n) is 10.5. The standard InChI is InChI=1S/C18H18FN3O3S.C4H4N2.C2H6.2CH4/c1-9-5-6-13(22-26(4,24)25)16(19)14(9)17(23)12-8-21-18-15(12)11(3)10(2)7-20-18;1-2-6-4-3-5-1;1-2;;/h5-8,22H,1-4H3,(H,20,21);1-4H;1-2H3;2*1H4. The summed E-state index contributed by atoms with van der Waals surface area (Å²) in [4.78, 5) is 27.7. The normalized spacial score (nSPS) is 9.97. The lowest BCUT2D eigenvalue weighted by Gasteiger charge is -2.12. The van der Waals surface area contributed by atoms with Crippen molar-refractivity contribution in [3.63, 3.8) is 0 Å². The highest BCUT2D eigenvalue weighted by atomic mass is 32.2. The average molecular weight is 518 g/mol. The summed E-state index contributed by atoms with van der Waals surface area (Å²) in [7, 11) is -3.67. The number of nitrogens with one attached hydrogen (secondary N) is 2. The molecule has 0 unspecified atom stereocenters. The summed E-state index contributed by atoms with van der Waals surface area (Å²) in [5, 5.41) is 0.635. The van der Waals surface area contributed by atoms with Gasteiger partial charge in [-0.2, -0.15) is 0 Å². The summed E-state index contributed by atoms with van der Waals surface area (Å²) in [6, 6.07) is 2.81. The average Bonchev–Trinajstić information content (AvgIpc) is 3.25. The fourth-order valence-electron chi connectivity index (χ4n) is 3.15. The van der Waals surface area contributed by atoms with E-state index < -0.39 is 21.6 Å². The molecule has 0 radical (unpaired) electrons. The van der Waals surface area contributed by atoms with E-state index in [-0.39, 0.29) is 26.1 Å². The van der Waals surface area contributed by atoms with Crippen molar-refractivity contribution < 1.29 is 17.6 Å². The van der Waals surface area contributed by atoms with Gasteiger partial charge in [-0.05, 0) is 43.5 Å². The molecule has 0 saturated carbocycles. The minimum atomic E-state index is -3.67. The van der Waals surface area contributed by atoms with Gasteiger partial charge in [0.05, 0.1) is 17.5 Å². The van der Waals surface area contributed by atoms with Crippen molar-refractivity contribution in [2.24, 2.45) is 0 Å². The number of aromatic amines is 1. The lowest BCUT2D eigenvalue weighted by molar-refractivity contribution is 0.103. The summed E-state index contributed by atoms with van der Waals surface area (Å²) < 4.78 is 39.9. The van der Waals surface area contributed by atoms with Crippen LogP contribution in [0.25, 0.3) is 11.0 Å². The Hall–Kier alpha value is -3.66. The van der Waals surface area contributed by atoms with Gasteiger partial charge in [-0.1, -0.05) is 34.8 Å². The van der Waals surface area contributed by atoms with Gasteiger partial charge in [0.1, 0.15) is 5.65 Å². The summed E-state index contributed by atoms with van der Waals surface area (Å²) in [5.74, 6) is -1.42. The molecule has 0 spiro atoms. The monoisotopic (exact) mass is 517 g/mol. The number of hydrogen-bond donors (Lipinski definition) is 2. The zero-order valence-corrected chi connectivity index (χ0v) is 20.8. The Morgan fingerprint density at radius 2 is 1.53 bits per heavy atom. The van der Waals surface area contributed by atoms with E-state index >= 15 is 0 Å². The molecular formula is C26H36FN5O3S. The highest BCUT2D eigenvalue weighted by molar-refractivity contribution is 7.92. The molecule has 0 aliphatic carbocycles. The number of rotatable bonds is 4. The summed E-state index contributed by atoms with van der Waals surface area (Å²) in [6.07, 6.45) is 10.7. The molecule has 0 aliphatic rings. The van der Waals surface area contributed by atoms with Crippen LogP contribution < -0.4 is 4.72 Å². The number of H-pyrrole nitrogens is 1. The van der Waals surface area contributed by atoms with E-state index in [4.69, 9.17) is 0 Å². The van der Waals surface area contributed by atoms with E-state index in [0.29, 0.717) is 22.2 Å². The fraction of sp³-hybridized carbons (Fsp3) is 0.308. The smallest absolute Gasteiger partial charge is 0.229 e. The van der Waals surface area contributed by atoms with Crippen molar-refractivity contribution in [2.45, 2.75) is 49.5 Å². The predicted molar refractivity (Wildman–Crippen MR) is 145 cm³/mol. The van der Waals surface area contributed by atoms with E-state index in [2.05, 4.69) is 24.7 Å². The molecule has 3 aromatic heterocycles. The van der Waals surface area contributed by atoms with Crippen molar-refractivity contribution in [1.82, 2.24) is 19.9 Å². The number of benzene rings is 1. The van der Waals surface area contributed by atoms with Crippen molar-refractivity contribution >= 4 is 32.5 Å². The number of aromatic nitrogens is 4. The van der Waals surface area contributed by atoms with Gasteiger partial charge in [0.15, 0.2) is 11.6 Å². The zero-order chi connectivity index (χ0) is 25.5. The van der Waals surface area contributed by atoms with Gasteiger partial charge in [0.2, 0.25) is 10.0 Å². The van der Waals surface area contributed by atoms with Crippen LogP contribution >= 0.6 is 0 Å². The maximum atomic E-state index is 14.9. The minimum absolute atomic E-state index is 0. The van der Waals surface area contributed by atoms with Crippen LogP contribution in [-0.2, 0) is 10.0 Å². The number of pyridine rings is 1. The van der Waals surface area contributed by atoms with Crippen LogP contribution in [0.15, 0.2) is 49.3 Å². The third-order valence-electron chi connectivity index (χ3n) is 4.81. The van der Waals surface area contributed by atoms with Crippen LogP contribution in [0.3, 0.4) is 0 Å². The lowest BCUT2D eigenvalue weighted by Crippen LogP contribution is -2.14. The third kappa shape index (κ3) is 7.67. The molecule has 0 atom stereocenters. The lowest BCUT2D eigenvalue weighted by atomic mass is 9.96. The molecule has 0 amide bonds. The maximum Gasteiger partial charge on any atom is 0.229 e. The number of ketones is 1. The SMILES string of the molecule is C.C.CC.Cc1ccc(NS(C)(=O)=O)c(F)c1C(=O)c1c[nH]c2ncc(C)c(C)c12.c1cnccn1. The molecule has 0 bridgehead atoms. The summed E-state index contributed by atoms with van der Waals surface area (Å²) >= 11 is 0. The molecule has 4 rings (SSSR count). The molecule has 2 N–H and O–H groups in total. The number of carbonyl (C=O) groups excluding carboxylic acids is 1. The van der Waals surface area contributed by atoms with Crippen molar-refractivity contribution in [2.75, 3.05) is 11.0 Å². The Morgan fingerprint density at radius 1 is 0.972 bits per heavy atom. The van der Waals surface area contributed by atoms with Gasteiger partial charge in [0.25, 0.3) is 0 Å². The predicted octanol–water partition coefficient (Wildman–Crippen LogP) is 6.00. The highest BCUT2D eigenvalue weighted by Crippen LogP contribution is 2.29. The summed E-state index contributed by atoms with van der Waals surface area (Å²) in [6.45, 7) is 9.35. The first-order valence-corrected chi connectivity index (χ1v) is 12.4. The van der Waals surface area contributed by atoms with Crippen LogP contribution in [0.4, 0.5) is 10.1 Å². The number of fused-ring (bicyclic) bond motifs is 1.